The zero-order chi connectivity index (χ0) is 8.59. The van der Waals surface area contributed by atoms with E-state index in [0.717, 1.165) is 0 Å². The molecule has 0 spiro atoms. The van der Waals surface area contributed by atoms with Crippen molar-refractivity contribution in [1.29, 1.82) is 0 Å². The standard InChI is InChI=1S/C10H14Cl/c1-6-7(2)9(4)10(5-11)8(6)3/h5H2,1-4H3. The van der Waals surface area contributed by atoms with Crippen LogP contribution in [0, 0.1) is 29.6 Å². The van der Waals surface area contributed by atoms with Crippen LogP contribution in [0.1, 0.15) is 27.7 Å². The third-order valence-corrected chi connectivity index (χ3v) is 2.99. The highest BCUT2D eigenvalue weighted by Crippen LogP contribution is 2.52. The maximum absolute atomic E-state index is 5.82. The summed E-state index contributed by atoms with van der Waals surface area (Å²) in [4.78, 5) is 0. The second-order valence-electron chi connectivity index (χ2n) is 3.11. The minimum absolute atomic E-state index is 0.645. The first kappa shape index (κ1) is 9.38. The number of hydrogen-bond donors (Lipinski definition) is 0. The molecule has 1 saturated carbocycles. The maximum Gasteiger partial charge on any atom is 0.0297 e. The van der Waals surface area contributed by atoms with Crippen molar-refractivity contribution >= 4 is 11.6 Å². The Hall–Kier alpha value is 0.290. The summed E-state index contributed by atoms with van der Waals surface area (Å²) in [6.45, 7) is 8.61. The van der Waals surface area contributed by atoms with Gasteiger partial charge in [0.2, 0.25) is 0 Å². The molecule has 0 nitrogen and oxygen atoms in total. The summed E-state index contributed by atoms with van der Waals surface area (Å²) in [6.07, 6.45) is 0. The lowest BCUT2D eigenvalue weighted by Crippen LogP contribution is -2.07. The molecule has 5 radical (unpaired) electrons. The van der Waals surface area contributed by atoms with Gasteiger partial charge >= 0.3 is 0 Å². The van der Waals surface area contributed by atoms with Crippen molar-refractivity contribution in [3.05, 3.63) is 29.6 Å². The van der Waals surface area contributed by atoms with Crippen molar-refractivity contribution in [1.82, 2.24) is 0 Å². The van der Waals surface area contributed by atoms with Crippen molar-refractivity contribution in [2.45, 2.75) is 27.7 Å². The highest BCUT2D eigenvalue weighted by molar-refractivity contribution is 6.19. The van der Waals surface area contributed by atoms with Gasteiger partial charge in [-0.25, -0.2) is 0 Å². The fourth-order valence-electron chi connectivity index (χ4n) is 1.50. The van der Waals surface area contributed by atoms with Crippen molar-refractivity contribution in [3.8, 4) is 0 Å². The molecular weight excluding hydrogens is 156 g/mol. The Kier molecular flexibility index (Phi) is 2.85. The SMILES string of the molecule is C[C]1[C](C)[C](C)[C](CCl)[C]1C. The van der Waals surface area contributed by atoms with Crippen LogP contribution in [0.4, 0.5) is 0 Å². The van der Waals surface area contributed by atoms with Gasteiger partial charge < -0.3 is 0 Å². The maximum atomic E-state index is 5.82. The van der Waals surface area contributed by atoms with E-state index in [1.807, 2.05) is 0 Å². The summed E-state index contributed by atoms with van der Waals surface area (Å²) in [5.41, 5.74) is 0. The normalized spacial score (nSPS) is 27.0. The van der Waals surface area contributed by atoms with E-state index in [4.69, 9.17) is 11.6 Å². The van der Waals surface area contributed by atoms with Gasteiger partial charge in [0.25, 0.3) is 0 Å². The molecule has 61 valence electrons. The van der Waals surface area contributed by atoms with E-state index >= 15 is 0 Å². The third kappa shape index (κ3) is 1.42. The molecule has 0 amide bonds. The average Bonchev–Trinajstić information content (AvgIpc) is 2.17. The molecule has 0 aromatic rings. The molecule has 1 aliphatic carbocycles. The van der Waals surface area contributed by atoms with Crippen LogP contribution in [0.3, 0.4) is 0 Å². The van der Waals surface area contributed by atoms with Crippen LogP contribution in [0.15, 0.2) is 0 Å². The van der Waals surface area contributed by atoms with Crippen LogP contribution in [-0.4, -0.2) is 5.88 Å². The monoisotopic (exact) mass is 169 g/mol. The summed E-state index contributed by atoms with van der Waals surface area (Å²) >= 11 is 5.82. The molecule has 1 fully saturated rings. The molecule has 0 aromatic carbocycles. The number of halogens is 1. The van der Waals surface area contributed by atoms with E-state index in [1.54, 1.807) is 0 Å². The molecule has 0 aromatic heterocycles. The smallest absolute Gasteiger partial charge is 0.0297 e. The highest BCUT2D eigenvalue weighted by atomic mass is 35.5. The lowest BCUT2D eigenvalue weighted by atomic mass is 9.91. The summed E-state index contributed by atoms with van der Waals surface area (Å²) in [6, 6.07) is 0. The van der Waals surface area contributed by atoms with Crippen molar-refractivity contribution < 1.29 is 0 Å². The molecule has 1 rings (SSSR count). The van der Waals surface area contributed by atoms with E-state index < -0.39 is 0 Å². The number of hydrogen-bond acceptors (Lipinski definition) is 0. The van der Waals surface area contributed by atoms with E-state index in [0.29, 0.717) is 5.88 Å². The van der Waals surface area contributed by atoms with Gasteiger partial charge in [0.05, 0.1) is 0 Å². The molecular formula is C10H14Cl. The van der Waals surface area contributed by atoms with E-state index in [9.17, 15) is 0 Å². The van der Waals surface area contributed by atoms with Crippen LogP contribution in [0.5, 0.6) is 0 Å². The molecule has 0 atom stereocenters. The summed E-state index contributed by atoms with van der Waals surface area (Å²) in [5, 5.41) is 0. The first-order valence-electron chi connectivity index (χ1n) is 3.87. The van der Waals surface area contributed by atoms with Gasteiger partial charge in [-0.1, -0.05) is 27.7 Å². The van der Waals surface area contributed by atoms with Crippen LogP contribution >= 0.6 is 11.6 Å². The third-order valence-electron chi connectivity index (χ3n) is 2.73. The van der Waals surface area contributed by atoms with E-state index in [-0.39, 0.29) is 0 Å². The Balaban J connectivity index is 2.69. The van der Waals surface area contributed by atoms with Gasteiger partial charge in [-0.15, -0.1) is 11.6 Å². The Morgan fingerprint density at radius 1 is 0.818 bits per heavy atom. The lowest BCUT2D eigenvalue weighted by molar-refractivity contribution is 0.973. The first-order chi connectivity index (χ1) is 5.09. The van der Waals surface area contributed by atoms with E-state index in [1.165, 1.54) is 29.6 Å². The highest BCUT2D eigenvalue weighted by Gasteiger charge is 2.42. The minimum atomic E-state index is 0.645. The molecule has 1 heteroatoms. The van der Waals surface area contributed by atoms with Crippen molar-refractivity contribution in [2.75, 3.05) is 5.88 Å². The number of alkyl halides is 1. The van der Waals surface area contributed by atoms with Gasteiger partial charge in [0.1, 0.15) is 0 Å². The molecule has 0 aliphatic heterocycles. The minimum Gasteiger partial charge on any atom is -0.126 e. The second kappa shape index (κ2) is 3.35. The molecule has 0 heterocycles. The molecule has 0 saturated heterocycles. The second-order valence-corrected chi connectivity index (χ2v) is 3.38. The Morgan fingerprint density at radius 2 is 1.18 bits per heavy atom. The Morgan fingerprint density at radius 3 is 1.36 bits per heavy atom. The average molecular weight is 170 g/mol. The molecule has 0 unspecified atom stereocenters. The summed E-state index contributed by atoms with van der Waals surface area (Å²) < 4.78 is 0. The Bertz CT molecular complexity index is 119. The van der Waals surface area contributed by atoms with Crippen molar-refractivity contribution in [2.24, 2.45) is 0 Å². The van der Waals surface area contributed by atoms with Gasteiger partial charge in [-0.3, -0.25) is 0 Å². The lowest BCUT2D eigenvalue weighted by Gasteiger charge is -2.15. The van der Waals surface area contributed by atoms with E-state index in [2.05, 4.69) is 27.7 Å². The summed E-state index contributed by atoms with van der Waals surface area (Å²) in [5.74, 6) is 7.51. The zero-order valence-electron chi connectivity index (χ0n) is 7.59. The van der Waals surface area contributed by atoms with Crippen molar-refractivity contribution in [3.63, 3.8) is 0 Å². The molecule has 11 heavy (non-hydrogen) atoms. The topological polar surface area (TPSA) is 0 Å². The van der Waals surface area contributed by atoms with Crippen LogP contribution in [0.2, 0.25) is 0 Å². The Labute approximate surface area is 75.3 Å². The number of rotatable bonds is 1. The van der Waals surface area contributed by atoms with Crippen LogP contribution < -0.4 is 0 Å². The predicted octanol–water partition coefficient (Wildman–Crippen LogP) is 3.19. The molecule has 0 bridgehead atoms. The zero-order valence-corrected chi connectivity index (χ0v) is 8.34. The molecule has 0 N–H and O–H groups in total. The first-order valence-corrected chi connectivity index (χ1v) is 4.41. The largest absolute Gasteiger partial charge is 0.126 e. The van der Waals surface area contributed by atoms with Gasteiger partial charge in [0.15, 0.2) is 0 Å². The van der Waals surface area contributed by atoms with Gasteiger partial charge in [-0.05, 0) is 23.7 Å². The predicted molar refractivity (Wildman–Crippen MR) is 49.6 cm³/mol. The van der Waals surface area contributed by atoms with Gasteiger partial charge in [-0.2, -0.15) is 0 Å². The molecule has 1 aliphatic rings. The summed E-state index contributed by atoms with van der Waals surface area (Å²) in [7, 11) is 0. The van der Waals surface area contributed by atoms with Gasteiger partial charge in [0, 0.05) is 11.8 Å². The van der Waals surface area contributed by atoms with Crippen LogP contribution in [0.25, 0.3) is 0 Å². The van der Waals surface area contributed by atoms with Crippen LogP contribution in [-0.2, 0) is 0 Å². The fourth-order valence-corrected chi connectivity index (χ4v) is 1.90. The fraction of sp³-hybridized carbons (Fsp3) is 0.500. The quantitative estimate of drug-likeness (QED) is 0.529.